The van der Waals surface area contributed by atoms with Crippen molar-refractivity contribution in [2.24, 2.45) is 5.41 Å². The Balaban J connectivity index is 2.12. The third-order valence-corrected chi connectivity index (χ3v) is 4.28. The lowest BCUT2D eigenvalue weighted by atomic mass is 9.87. The van der Waals surface area contributed by atoms with Gasteiger partial charge >= 0.3 is 6.61 Å². The second-order valence-corrected chi connectivity index (χ2v) is 6.14. The summed E-state index contributed by atoms with van der Waals surface area (Å²) in [4.78, 5) is 0. The van der Waals surface area contributed by atoms with Gasteiger partial charge in [-0.25, -0.2) is 0 Å². The molecule has 0 amide bonds. The van der Waals surface area contributed by atoms with Crippen LogP contribution in [0.4, 0.5) is 8.78 Å². The van der Waals surface area contributed by atoms with Crippen LogP contribution in [0.3, 0.4) is 0 Å². The lowest BCUT2D eigenvalue weighted by molar-refractivity contribution is -0.0519. The highest BCUT2D eigenvalue weighted by Gasteiger charge is 2.34. The van der Waals surface area contributed by atoms with Crippen LogP contribution in [0.5, 0.6) is 11.5 Å². The average molecular weight is 299 g/mol. The number of halogens is 2. The Kier molecular flexibility index (Phi) is 5.04. The second kappa shape index (κ2) is 6.60. The van der Waals surface area contributed by atoms with Gasteiger partial charge in [-0.2, -0.15) is 8.78 Å². The van der Waals surface area contributed by atoms with Crippen LogP contribution in [0.1, 0.15) is 38.7 Å². The zero-order valence-electron chi connectivity index (χ0n) is 12.8. The van der Waals surface area contributed by atoms with E-state index in [1.54, 1.807) is 18.2 Å². The molecule has 1 unspecified atom stereocenters. The molecule has 1 aromatic carbocycles. The number of rotatable bonds is 6. The number of methoxy groups -OCH3 is 1. The molecule has 1 atom stereocenters. The molecule has 1 aliphatic rings. The van der Waals surface area contributed by atoms with Crippen LogP contribution < -0.4 is 14.8 Å². The Morgan fingerprint density at radius 1 is 1.38 bits per heavy atom. The van der Waals surface area contributed by atoms with E-state index in [9.17, 15) is 8.78 Å². The van der Waals surface area contributed by atoms with E-state index < -0.39 is 6.61 Å². The first-order valence-corrected chi connectivity index (χ1v) is 7.28. The van der Waals surface area contributed by atoms with Gasteiger partial charge in [0.05, 0.1) is 7.11 Å². The van der Waals surface area contributed by atoms with E-state index in [1.165, 1.54) is 20.0 Å². The molecule has 0 radical (unpaired) electrons. The maximum atomic E-state index is 12.6. The molecule has 0 aliphatic heterocycles. The van der Waals surface area contributed by atoms with Crippen molar-refractivity contribution in [2.45, 2.75) is 52.3 Å². The number of benzene rings is 1. The fourth-order valence-corrected chi connectivity index (χ4v) is 3.02. The van der Waals surface area contributed by atoms with Gasteiger partial charge in [0.2, 0.25) is 0 Å². The predicted octanol–water partition coefficient (Wildman–Crippen LogP) is 3.96. The number of para-hydroxylation sites is 1. The van der Waals surface area contributed by atoms with Crippen molar-refractivity contribution in [3.63, 3.8) is 0 Å². The Labute approximate surface area is 124 Å². The molecule has 0 bridgehead atoms. The van der Waals surface area contributed by atoms with Crippen molar-refractivity contribution in [1.82, 2.24) is 5.32 Å². The molecule has 1 fully saturated rings. The topological polar surface area (TPSA) is 30.5 Å². The van der Waals surface area contributed by atoms with Crippen LogP contribution in [0, 0.1) is 5.41 Å². The molecule has 0 heterocycles. The number of hydrogen-bond acceptors (Lipinski definition) is 3. The molecule has 1 aliphatic carbocycles. The normalized spacial score (nSPS) is 20.8. The first kappa shape index (κ1) is 16.0. The number of hydrogen-bond donors (Lipinski definition) is 1. The van der Waals surface area contributed by atoms with Crippen LogP contribution in [0.25, 0.3) is 0 Å². The quantitative estimate of drug-likeness (QED) is 0.862. The van der Waals surface area contributed by atoms with Gasteiger partial charge < -0.3 is 14.8 Å². The molecular formula is C16H23F2NO2. The Bertz CT molecular complexity index is 477. The minimum Gasteiger partial charge on any atom is -0.493 e. The maximum absolute atomic E-state index is 12.6. The fraction of sp³-hybridized carbons (Fsp3) is 0.625. The van der Waals surface area contributed by atoms with Crippen LogP contribution in [-0.2, 0) is 6.54 Å². The smallest absolute Gasteiger partial charge is 0.387 e. The summed E-state index contributed by atoms with van der Waals surface area (Å²) in [6, 6.07) is 5.59. The largest absolute Gasteiger partial charge is 0.493 e. The molecule has 5 heteroatoms. The van der Waals surface area contributed by atoms with Gasteiger partial charge in [0, 0.05) is 18.2 Å². The summed E-state index contributed by atoms with van der Waals surface area (Å²) in [6.45, 7) is 2.11. The van der Waals surface area contributed by atoms with Crippen LogP contribution in [0.15, 0.2) is 18.2 Å². The highest BCUT2D eigenvalue weighted by atomic mass is 19.3. The van der Waals surface area contributed by atoms with Crippen molar-refractivity contribution in [3.8, 4) is 11.5 Å². The van der Waals surface area contributed by atoms with E-state index in [-0.39, 0.29) is 11.2 Å². The first-order chi connectivity index (χ1) is 9.94. The standard InChI is InChI=1S/C16H23F2NO2/c1-16(2)9-5-8-13(16)19-10-11-6-4-7-12(20-3)14(11)21-15(17)18/h4,6-7,13,15,19H,5,8-10H2,1-3H3. The molecule has 21 heavy (non-hydrogen) atoms. The van der Waals surface area contributed by atoms with E-state index in [4.69, 9.17) is 4.74 Å². The second-order valence-electron chi connectivity index (χ2n) is 6.14. The number of ether oxygens (including phenoxy) is 2. The average Bonchev–Trinajstić information content (AvgIpc) is 2.76. The van der Waals surface area contributed by atoms with Gasteiger partial charge in [-0.05, 0) is 24.3 Å². The maximum Gasteiger partial charge on any atom is 0.387 e. The summed E-state index contributed by atoms with van der Waals surface area (Å²) < 4.78 is 34.9. The van der Waals surface area contributed by atoms with Crippen molar-refractivity contribution in [3.05, 3.63) is 23.8 Å². The Morgan fingerprint density at radius 3 is 2.71 bits per heavy atom. The third kappa shape index (κ3) is 3.84. The lowest BCUT2D eigenvalue weighted by Gasteiger charge is -2.28. The van der Waals surface area contributed by atoms with Crippen molar-refractivity contribution in [1.29, 1.82) is 0 Å². The minimum absolute atomic E-state index is 0.123. The summed E-state index contributed by atoms with van der Waals surface area (Å²) in [6.07, 6.45) is 3.49. The molecule has 0 saturated heterocycles. The van der Waals surface area contributed by atoms with Crippen molar-refractivity contribution in [2.75, 3.05) is 7.11 Å². The molecule has 1 N–H and O–H groups in total. The van der Waals surface area contributed by atoms with Gasteiger partial charge in [0.25, 0.3) is 0 Å². The molecule has 1 aromatic rings. The van der Waals surface area contributed by atoms with Gasteiger partial charge in [-0.1, -0.05) is 32.4 Å². The van der Waals surface area contributed by atoms with E-state index >= 15 is 0 Å². The summed E-state index contributed by atoms with van der Waals surface area (Å²) >= 11 is 0. The fourth-order valence-electron chi connectivity index (χ4n) is 3.02. The van der Waals surface area contributed by atoms with Crippen LogP contribution >= 0.6 is 0 Å². The summed E-state index contributed by atoms with van der Waals surface area (Å²) in [7, 11) is 1.45. The molecule has 3 nitrogen and oxygen atoms in total. The molecule has 2 rings (SSSR count). The first-order valence-electron chi connectivity index (χ1n) is 7.28. The van der Waals surface area contributed by atoms with E-state index in [0.717, 1.165) is 6.42 Å². The molecular weight excluding hydrogens is 276 g/mol. The SMILES string of the molecule is COc1cccc(CNC2CCCC2(C)C)c1OC(F)F. The van der Waals surface area contributed by atoms with E-state index in [1.807, 2.05) is 0 Å². The van der Waals surface area contributed by atoms with Crippen LogP contribution in [0.2, 0.25) is 0 Å². The summed E-state index contributed by atoms with van der Waals surface area (Å²) in [5, 5.41) is 3.47. The number of alkyl halides is 2. The Morgan fingerprint density at radius 2 is 2.14 bits per heavy atom. The monoisotopic (exact) mass is 299 g/mol. The lowest BCUT2D eigenvalue weighted by Crippen LogP contribution is -2.37. The van der Waals surface area contributed by atoms with E-state index in [2.05, 4.69) is 23.9 Å². The van der Waals surface area contributed by atoms with Crippen molar-refractivity contribution >= 4 is 0 Å². The summed E-state index contributed by atoms with van der Waals surface area (Å²) in [5.74, 6) is 0.457. The van der Waals surface area contributed by atoms with E-state index in [0.29, 0.717) is 23.9 Å². The predicted molar refractivity (Wildman–Crippen MR) is 77.9 cm³/mol. The van der Waals surface area contributed by atoms with Crippen LogP contribution in [-0.4, -0.2) is 19.8 Å². The number of nitrogens with one attached hydrogen (secondary N) is 1. The molecule has 0 spiro atoms. The van der Waals surface area contributed by atoms with Crippen molar-refractivity contribution < 1.29 is 18.3 Å². The van der Waals surface area contributed by atoms with Gasteiger partial charge in [-0.15, -0.1) is 0 Å². The van der Waals surface area contributed by atoms with Gasteiger partial charge in [-0.3, -0.25) is 0 Å². The highest BCUT2D eigenvalue weighted by Crippen LogP contribution is 2.38. The summed E-state index contributed by atoms with van der Waals surface area (Å²) in [5.41, 5.74) is 0.931. The molecule has 1 saturated carbocycles. The minimum atomic E-state index is -2.86. The molecule has 0 aromatic heterocycles. The zero-order chi connectivity index (χ0) is 15.5. The highest BCUT2D eigenvalue weighted by molar-refractivity contribution is 5.46. The van der Waals surface area contributed by atoms with Gasteiger partial charge in [0.15, 0.2) is 11.5 Å². The Hall–Kier alpha value is -1.36. The third-order valence-electron chi connectivity index (χ3n) is 4.28. The van der Waals surface area contributed by atoms with Gasteiger partial charge in [0.1, 0.15) is 0 Å². The zero-order valence-corrected chi connectivity index (χ0v) is 12.8. The molecule has 118 valence electrons.